The minimum atomic E-state index is -0.156. The molecule has 3 fully saturated rings. The molecule has 0 radical (unpaired) electrons. The predicted octanol–water partition coefficient (Wildman–Crippen LogP) is 4.31. The first-order valence-corrected chi connectivity index (χ1v) is 9.92. The molecule has 2 N–H and O–H groups in total. The molecule has 0 amide bonds. The van der Waals surface area contributed by atoms with Crippen molar-refractivity contribution in [2.75, 3.05) is 0 Å². The number of aliphatic hydroxyl groups excluding tert-OH is 2. The lowest BCUT2D eigenvalue weighted by Gasteiger charge is -2.58. The number of fused-ring (bicyclic) bond motifs is 5. The maximum Gasteiger partial charge on any atom is 0.0577 e. The lowest BCUT2D eigenvalue weighted by molar-refractivity contribution is -0.0675. The number of aliphatic hydroxyl groups is 2. The second kappa shape index (κ2) is 5.33. The maximum atomic E-state index is 10.3. The monoisotopic (exact) mass is 318 g/mol. The minimum Gasteiger partial charge on any atom is -0.393 e. The fourth-order valence-electron chi connectivity index (χ4n) is 7.47. The number of hydrogen-bond acceptors (Lipinski definition) is 2. The number of allylic oxidation sites excluding steroid dienone is 1. The van der Waals surface area contributed by atoms with Gasteiger partial charge in [0.1, 0.15) is 0 Å². The standard InChI is InChI=1S/C21H34O2/c1-13(22)17-6-7-18-16-5-4-14-12-15(23)8-10-20(14,2)19(16)9-11-21(17,18)3/h4,13,15-19,22-23H,5-12H2,1-3H3/t13-,15+,16+,17-,18-,19+,20+,21-/m1/s1. The lowest BCUT2D eigenvalue weighted by Crippen LogP contribution is -2.51. The van der Waals surface area contributed by atoms with Crippen molar-refractivity contribution in [3.8, 4) is 0 Å². The smallest absolute Gasteiger partial charge is 0.0577 e. The summed E-state index contributed by atoms with van der Waals surface area (Å²) in [7, 11) is 0. The van der Waals surface area contributed by atoms with E-state index in [1.807, 2.05) is 6.92 Å². The van der Waals surface area contributed by atoms with E-state index in [0.29, 0.717) is 16.7 Å². The molecule has 0 spiro atoms. The van der Waals surface area contributed by atoms with Gasteiger partial charge in [-0.1, -0.05) is 25.5 Å². The van der Waals surface area contributed by atoms with E-state index in [2.05, 4.69) is 19.9 Å². The van der Waals surface area contributed by atoms with E-state index in [1.165, 1.54) is 38.5 Å². The number of rotatable bonds is 1. The quantitative estimate of drug-likeness (QED) is 0.707. The van der Waals surface area contributed by atoms with Gasteiger partial charge in [0.05, 0.1) is 12.2 Å². The fourth-order valence-corrected chi connectivity index (χ4v) is 7.47. The van der Waals surface area contributed by atoms with E-state index >= 15 is 0 Å². The molecule has 0 heterocycles. The first-order valence-electron chi connectivity index (χ1n) is 9.92. The SMILES string of the molecule is C[C@@H](O)[C@H]1CC[C@@H]2[C@@H]3CC=C4C[C@@H](O)CC[C@]4(C)[C@H]3CC[C@@]21C. The Bertz CT molecular complexity index is 510. The molecule has 0 bridgehead atoms. The zero-order valence-electron chi connectivity index (χ0n) is 15.1. The molecular weight excluding hydrogens is 284 g/mol. The van der Waals surface area contributed by atoms with E-state index in [4.69, 9.17) is 0 Å². The molecule has 4 aliphatic carbocycles. The average Bonchev–Trinajstić information content (AvgIpc) is 2.85. The van der Waals surface area contributed by atoms with Gasteiger partial charge < -0.3 is 10.2 Å². The summed E-state index contributed by atoms with van der Waals surface area (Å²) in [6.07, 6.45) is 11.7. The van der Waals surface area contributed by atoms with Gasteiger partial charge in [-0.25, -0.2) is 0 Å². The molecule has 8 atom stereocenters. The third kappa shape index (κ3) is 2.20. The van der Waals surface area contributed by atoms with Crippen molar-refractivity contribution in [1.29, 1.82) is 0 Å². The second-order valence-electron chi connectivity index (χ2n) is 9.62. The van der Waals surface area contributed by atoms with Gasteiger partial charge in [0.15, 0.2) is 0 Å². The Hall–Kier alpha value is -0.340. The Labute approximate surface area is 141 Å². The van der Waals surface area contributed by atoms with Crippen LogP contribution in [0.5, 0.6) is 0 Å². The van der Waals surface area contributed by atoms with Crippen LogP contribution in [0.4, 0.5) is 0 Å². The molecule has 4 rings (SSSR count). The van der Waals surface area contributed by atoms with Crippen LogP contribution >= 0.6 is 0 Å². The molecule has 0 aromatic heterocycles. The van der Waals surface area contributed by atoms with Gasteiger partial charge in [0.25, 0.3) is 0 Å². The lowest BCUT2D eigenvalue weighted by atomic mass is 9.47. The van der Waals surface area contributed by atoms with Crippen LogP contribution in [0, 0.1) is 34.5 Å². The zero-order chi connectivity index (χ0) is 16.4. The Balaban J connectivity index is 1.65. The Morgan fingerprint density at radius 3 is 2.61 bits per heavy atom. The van der Waals surface area contributed by atoms with Gasteiger partial charge in [-0.05, 0) is 92.8 Å². The van der Waals surface area contributed by atoms with E-state index < -0.39 is 0 Å². The van der Waals surface area contributed by atoms with Crippen molar-refractivity contribution in [1.82, 2.24) is 0 Å². The summed E-state index contributed by atoms with van der Waals surface area (Å²) in [5.74, 6) is 2.91. The highest BCUT2D eigenvalue weighted by molar-refractivity contribution is 5.25. The molecule has 0 aromatic carbocycles. The van der Waals surface area contributed by atoms with Crippen LogP contribution < -0.4 is 0 Å². The van der Waals surface area contributed by atoms with Gasteiger partial charge in [-0.2, -0.15) is 0 Å². The van der Waals surface area contributed by atoms with Crippen LogP contribution in [0.3, 0.4) is 0 Å². The second-order valence-corrected chi connectivity index (χ2v) is 9.62. The molecule has 23 heavy (non-hydrogen) atoms. The van der Waals surface area contributed by atoms with Crippen LogP contribution in [-0.2, 0) is 0 Å². The summed E-state index contributed by atoms with van der Waals surface area (Å²) in [6, 6.07) is 0. The normalized spacial score (nSPS) is 53.8. The summed E-state index contributed by atoms with van der Waals surface area (Å²) in [6.45, 7) is 6.98. The highest BCUT2D eigenvalue weighted by Crippen LogP contribution is 2.66. The summed E-state index contributed by atoms with van der Waals surface area (Å²) >= 11 is 0. The molecule has 3 saturated carbocycles. The van der Waals surface area contributed by atoms with Crippen molar-refractivity contribution < 1.29 is 10.2 Å². The third-order valence-electron chi connectivity index (χ3n) is 8.73. The Morgan fingerprint density at radius 1 is 1.09 bits per heavy atom. The van der Waals surface area contributed by atoms with Gasteiger partial charge in [-0.15, -0.1) is 0 Å². The summed E-state index contributed by atoms with van der Waals surface area (Å²) in [4.78, 5) is 0. The van der Waals surface area contributed by atoms with Crippen LogP contribution in [0.15, 0.2) is 11.6 Å². The highest BCUT2D eigenvalue weighted by Gasteiger charge is 2.59. The van der Waals surface area contributed by atoms with E-state index in [1.54, 1.807) is 5.57 Å². The van der Waals surface area contributed by atoms with Crippen LogP contribution in [-0.4, -0.2) is 22.4 Å². The average molecular weight is 319 g/mol. The first-order chi connectivity index (χ1) is 10.9. The molecule has 2 heteroatoms. The van der Waals surface area contributed by atoms with Crippen LogP contribution in [0.1, 0.15) is 72.1 Å². The van der Waals surface area contributed by atoms with Crippen molar-refractivity contribution >= 4 is 0 Å². The number of hydrogen-bond donors (Lipinski definition) is 2. The zero-order valence-corrected chi connectivity index (χ0v) is 15.1. The van der Waals surface area contributed by atoms with Crippen LogP contribution in [0.2, 0.25) is 0 Å². The molecule has 0 unspecified atom stereocenters. The molecular formula is C21H34O2. The summed E-state index contributed by atoms with van der Waals surface area (Å²) < 4.78 is 0. The third-order valence-corrected chi connectivity index (χ3v) is 8.73. The summed E-state index contributed by atoms with van der Waals surface area (Å²) in [5, 5.41) is 20.4. The van der Waals surface area contributed by atoms with E-state index in [9.17, 15) is 10.2 Å². The minimum absolute atomic E-state index is 0.106. The van der Waals surface area contributed by atoms with E-state index in [0.717, 1.165) is 30.6 Å². The largest absolute Gasteiger partial charge is 0.393 e. The van der Waals surface area contributed by atoms with Crippen LogP contribution in [0.25, 0.3) is 0 Å². The Kier molecular flexibility index (Phi) is 3.74. The van der Waals surface area contributed by atoms with E-state index in [-0.39, 0.29) is 12.2 Å². The van der Waals surface area contributed by atoms with Gasteiger partial charge in [0, 0.05) is 0 Å². The Morgan fingerprint density at radius 2 is 1.87 bits per heavy atom. The summed E-state index contributed by atoms with van der Waals surface area (Å²) in [5.41, 5.74) is 2.25. The molecule has 130 valence electrons. The van der Waals surface area contributed by atoms with Gasteiger partial charge >= 0.3 is 0 Å². The van der Waals surface area contributed by atoms with Crippen molar-refractivity contribution in [3.05, 3.63) is 11.6 Å². The molecule has 2 nitrogen and oxygen atoms in total. The molecule has 0 aromatic rings. The fraction of sp³-hybridized carbons (Fsp3) is 0.905. The molecule has 4 aliphatic rings. The molecule has 0 aliphatic heterocycles. The predicted molar refractivity (Wildman–Crippen MR) is 92.9 cm³/mol. The molecule has 0 saturated heterocycles. The maximum absolute atomic E-state index is 10.3. The first kappa shape index (κ1) is 16.1. The van der Waals surface area contributed by atoms with Crippen molar-refractivity contribution in [2.24, 2.45) is 34.5 Å². The highest BCUT2D eigenvalue weighted by atomic mass is 16.3. The van der Waals surface area contributed by atoms with Gasteiger partial charge in [-0.3, -0.25) is 0 Å². The topological polar surface area (TPSA) is 40.5 Å². The van der Waals surface area contributed by atoms with Crippen molar-refractivity contribution in [3.63, 3.8) is 0 Å². The van der Waals surface area contributed by atoms with Gasteiger partial charge in [0.2, 0.25) is 0 Å². The van der Waals surface area contributed by atoms with Crippen molar-refractivity contribution in [2.45, 2.75) is 84.3 Å².